The van der Waals surface area contributed by atoms with Gasteiger partial charge in [-0.05, 0) is 57.2 Å². The van der Waals surface area contributed by atoms with Gasteiger partial charge in [0.15, 0.2) is 11.3 Å². The third-order valence-electron chi connectivity index (χ3n) is 7.01. The Morgan fingerprint density at radius 1 is 1.14 bits per heavy atom. The van der Waals surface area contributed by atoms with Crippen LogP contribution >= 0.6 is 0 Å². The third kappa shape index (κ3) is 5.60. The smallest absolute Gasteiger partial charge is 0.410 e. The lowest BCUT2D eigenvalue weighted by molar-refractivity contribution is -0.102. The first-order valence-corrected chi connectivity index (χ1v) is 13.1. The Labute approximate surface area is 217 Å². The topological polar surface area (TPSA) is 79.2 Å². The Kier molecular flexibility index (Phi) is 7.14. The molecule has 0 aliphatic carbocycles. The molecule has 198 valence electrons. The maximum absolute atomic E-state index is 12.9. The quantitative estimate of drug-likeness (QED) is 0.616. The molecule has 0 unspecified atom stereocenters. The van der Waals surface area contributed by atoms with Gasteiger partial charge in [0.2, 0.25) is 0 Å². The highest BCUT2D eigenvalue weighted by atomic mass is 16.6. The number of hydrogen-bond donors (Lipinski definition) is 0. The molecule has 5 rings (SSSR count). The van der Waals surface area contributed by atoms with Crippen molar-refractivity contribution in [1.82, 2.24) is 9.47 Å². The number of ether oxygens (including phenoxy) is 4. The molecule has 3 aliphatic rings. The van der Waals surface area contributed by atoms with E-state index in [0.717, 1.165) is 41.8 Å². The minimum atomic E-state index is -0.501. The summed E-state index contributed by atoms with van der Waals surface area (Å²) in [6.45, 7) is 11.4. The molecule has 1 aromatic carbocycles. The van der Waals surface area contributed by atoms with Crippen LogP contribution in [0.1, 0.15) is 43.9 Å². The van der Waals surface area contributed by atoms with Crippen molar-refractivity contribution in [3.63, 3.8) is 0 Å². The summed E-state index contributed by atoms with van der Waals surface area (Å²) >= 11 is 0. The Balaban J connectivity index is 1.36. The van der Waals surface area contributed by atoms with Gasteiger partial charge in [-0.3, -0.25) is 4.79 Å². The van der Waals surface area contributed by atoms with E-state index in [2.05, 4.69) is 28.8 Å². The van der Waals surface area contributed by atoms with Gasteiger partial charge >= 0.3 is 6.09 Å². The number of carbonyl (C=O) groups excluding carboxylic acids is 1. The van der Waals surface area contributed by atoms with Crippen LogP contribution in [0.25, 0.3) is 16.8 Å². The van der Waals surface area contributed by atoms with E-state index in [-0.39, 0.29) is 17.6 Å². The highest BCUT2D eigenvalue weighted by molar-refractivity contribution is 5.76. The van der Waals surface area contributed by atoms with Gasteiger partial charge in [0.05, 0.1) is 25.5 Å². The standard InChI is InChI=1S/C29H36N2O6/c1-19-25(32)16-26(36-18-23-17-34-13-14-35-23)31-12-9-22-15-21(5-6-24(22)27(19)31)20-7-10-30(11-8-20)28(33)37-29(2,3)4/h5-7,15-16,23H,8-14,17-18H2,1-4H3/t23-/m0/s1. The van der Waals surface area contributed by atoms with Gasteiger partial charge in [0.25, 0.3) is 0 Å². The van der Waals surface area contributed by atoms with Crippen LogP contribution < -0.4 is 10.2 Å². The van der Waals surface area contributed by atoms with Gasteiger partial charge in [0, 0.05) is 36.8 Å². The number of pyridine rings is 1. The molecule has 0 bridgehead atoms. The molecule has 0 spiro atoms. The summed E-state index contributed by atoms with van der Waals surface area (Å²) in [5.41, 5.74) is 5.80. The van der Waals surface area contributed by atoms with Crippen molar-refractivity contribution in [3.05, 3.63) is 57.3 Å². The van der Waals surface area contributed by atoms with Crippen LogP contribution in [-0.2, 0) is 27.2 Å². The zero-order chi connectivity index (χ0) is 26.2. The molecule has 0 radical (unpaired) electrons. The molecule has 0 N–H and O–H groups in total. The molecule has 1 saturated heterocycles. The van der Waals surface area contributed by atoms with Crippen molar-refractivity contribution in [2.24, 2.45) is 0 Å². The SMILES string of the molecule is Cc1c2n(c(OC[C@@H]3COCCO3)cc1=O)CCc1cc(C3=CCN(C(=O)OC(C)(C)C)CC3)ccc1-2. The predicted molar refractivity (Wildman–Crippen MR) is 141 cm³/mol. The number of aryl methyl sites for hydroxylation is 1. The molecular weight excluding hydrogens is 472 g/mol. The number of hydrogen-bond acceptors (Lipinski definition) is 6. The molecule has 3 aliphatic heterocycles. The van der Waals surface area contributed by atoms with Gasteiger partial charge in [-0.25, -0.2) is 4.79 Å². The minimum absolute atomic E-state index is 0.0313. The molecule has 4 heterocycles. The first kappa shape index (κ1) is 25.5. The first-order valence-electron chi connectivity index (χ1n) is 13.1. The van der Waals surface area contributed by atoms with Crippen LogP contribution in [-0.4, -0.2) is 66.8 Å². The highest BCUT2D eigenvalue weighted by Gasteiger charge is 2.26. The van der Waals surface area contributed by atoms with E-state index >= 15 is 0 Å². The summed E-state index contributed by atoms with van der Waals surface area (Å²) in [4.78, 5) is 27.0. The average Bonchev–Trinajstić information content (AvgIpc) is 2.89. The fourth-order valence-corrected chi connectivity index (χ4v) is 5.11. The summed E-state index contributed by atoms with van der Waals surface area (Å²) in [7, 11) is 0. The van der Waals surface area contributed by atoms with Crippen LogP contribution in [0.5, 0.6) is 5.88 Å². The van der Waals surface area contributed by atoms with E-state index in [0.29, 0.717) is 45.4 Å². The monoisotopic (exact) mass is 508 g/mol. The maximum atomic E-state index is 12.9. The summed E-state index contributed by atoms with van der Waals surface area (Å²) in [5, 5.41) is 0. The molecule has 1 fully saturated rings. The number of amides is 1. The summed E-state index contributed by atoms with van der Waals surface area (Å²) < 4.78 is 24.9. The van der Waals surface area contributed by atoms with Crippen LogP contribution in [0.3, 0.4) is 0 Å². The van der Waals surface area contributed by atoms with Crippen molar-refractivity contribution in [1.29, 1.82) is 0 Å². The molecule has 37 heavy (non-hydrogen) atoms. The van der Waals surface area contributed by atoms with Crippen LogP contribution in [0.2, 0.25) is 0 Å². The Morgan fingerprint density at radius 2 is 1.97 bits per heavy atom. The Morgan fingerprint density at radius 3 is 2.68 bits per heavy atom. The number of rotatable bonds is 4. The molecule has 8 heteroatoms. The molecule has 1 aromatic heterocycles. The molecule has 1 atom stereocenters. The number of fused-ring (bicyclic) bond motifs is 3. The maximum Gasteiger partial charge on any atom is 0.410 e. The lowest BCUT2D eigenvalue weighted by atomic mass is 9.90. The second-order valence-electron chi connectivity index (χ2n) is 10.9. The van der Waals surface area contributed by atoms with Gasteiger partial charge < -0.3 is 28.4 Å². The van der Waals surface area contributed by atoms with Crippen molar-refractivity contribution in [3.8, 4) is 17.1 Å². The van der Waals surface area contributed by atoms with Crippen molar-refractivity contribution in [2.75, 3.05) is 39.5 Å². The lowest BCUT2D eigenvalue weighted by Crippen LogP contribution is -2.39. The van der Waals surface area contributed by atoms with Gasteiger partial charge in [-0.1, -0.05) is 24.3 Å². The fourth-order valence-electron chi connectivity index (χ4n) is 5.11. The van der Waals surface area contributed by atoms with Crippen LogP contribution in [0, 0.1) is 6.92 Å². The van der Waals surface area contributed by atoms with Crippen molar-refractivity contribution < 1.29 is 23.7 Å². The fraction of sp³-hybridized carbons (Fsp3) is 0.517. The predicted octanol–water partition coefficient (Wildman–Crippen LogP) is 4.20. The largest absolute Gasteiger partial charge is 0.476 e. The number of nitrogens with zero attached hydrogens (tertiary/aromatic N) is 2. The minimum Gasteiger partial charge on any atom is -0.476 e. The van der Waals surface area contributed by atoms with Crippen LogP contribution in [0.4, 0.5) is 4.79 Å². The molecular formula is C29H36N2O6. The van der Waals surface area contributed by atoms with E-state index in [1.807, 2.05) is 27.7 Å². The first-order chi connectivity index (χ1) is 17.7. The zero-order valence-electron chi connectivity index (χ0n) is 22.2. The second kappa shape index (κ2) is 10.3. The molecule has 0 saturated carbocycles. The Hall–Kier alpha value is -3.10. The summed E-state index contributed by atoms with van der Waals surface area (Å²) in [6, 6.07) is 8.06. The zero-order valence-corrected chi connectivity index (χ0v) is 22.2. The molecule has 8 nitrogen and oxygen atoms in total. The van der Waals surface area contributed by atoms with E-state index in [9.17, 15) is 9.59 Å². The second-order valence-corrected chi connectivity index (χ2v) is 10.9. The number of benzene rings is 1. The molecule has 1 amide bonds. The van der Waals surface area contributed by atoms with Crippen LogP contribution in [0.15, 0.2) is 35.1 Å². The van der Waals surface area contributed by atoms with E-state index < -0.39 is 5.60 Å². The van der Waals surface area contributed by atoms with Gasteiger partial charge in [0.1, 0.15) is 18.3 Å². The highest BCUT2D eigenvalue weighted by Crippen LogP contribution is 2.36. The summed E-state index contributed by atoms with van der Waals surface area (Å²) in [6.07, 6.45) is 3.33. The lowest BCUT2D eigenvalue weighted by Gasteiger charge is -2.30. The average molecular weight is 509 g/mol. The molecule has 2 aromatic rings. The third-order valence-corrected chi connectivity index (χ3v) is 7.01. The van der Waals surface area contributed by atoms with E-state index in [1.165, 1.54) is 11.1 Å². The van der Waals surface area contributed by atoms with Crippen molar-refractivity contribution >= 4 is 11.7 Å². The summed E-state index contributed by atoms with van der Waals surface area (Å²) in [5.74, 6) is 0.576. The van der Waals surface area contributed by atoms with Gasteiger partial charge in [-0.2, -0.15) is 0 Å². The Bertz CT molecular complexity index is 1270. The number of aromatic nitrogens is 1. The van der Waals surface area contributed by atoms with E-state index in [4.69, 9.17) is 18.9 Å². The van der Waals surface area contributed by atoms with Gasteiger partial charge in [-0.15, -0.1) is 0 Å². The number of carbonyl (C=O) groups is 1. The normalized spacial score (nSPS) is 19.5. The van der Waals surface area contributed by atoms with E-state index in [1.54, 1.807) is 11.0 Å². The van der Waals surface area contributed by atoms with Crippen molar-refractivity contribution in [2.45, 2.75) is 58.8 Å².